The van der Waals surface area contributed by atoms with Crippen molar-refractivity contribution in [2.75, 3.05) is 13.2 Å². The molecule has 0 aliphatic carbocycles. The van der Waals surface area contributed by atoms with Crippen molar-refractivity contribution in [2.24, 2.45) is 0 Å². The van der Waals surface area contributed by atoms with Crippen molar-refractivity contribution in [2.45, 2.75) is 26.0 Å². The van der Waals surface area contributed by atoms with Gasteiger partial charge in [0.15, 0.2) is 0 Å². The third kappa shape index (κ3) is 3.25. The summed E-state index contributed by atoms with van der Waals surface area (Å²) in [5, 5.41) is 25.1. The molecule has 0 aliphatic rings. The van der Waals surface area contributed by atoms with Gasteiger partial charge in [0.05, 0.1) is 10.9 Å². The van der Waals surface area contributed by atoms with E-state index in [2.05, 4.69) is 10.3 Å². The fourth-order valence-electron chi connectivity index (χ4n) is 2.65. The molecule has 122 valence electrons. The number of aromatic amines is 1. The van der Waals surface area contributed by atoms with Gasteiger partial charge in [-0.15, -0.1) is 0 Å². The van der Waals surface area contributed by atoms with Gasteiger partial charge in [-0.2, -0.15) is 0 Å². The molecule has 1 heterocycles. The Morgan fingerprint density at radius 3 is 2.74 bits per heavy atom. The first kappa shape index (κ1) is 15.6. The number of fused-ring (bicyclic) bond motifs is 3. The number of hydrogen-bond acceptors (Lipinski definition) is 4. The Balaban J connectivity index is 1.87. The number of H-pyrrole nitrogens is 1. The number of phenolic OH excluding ortho intramolecular Hbond substituents is 1. The van der Waals surface area contributed by atoms with Crippen LogP contribution in [0.1, 0.15) is 13.8 Å². The number of aromatic hydroxyl groups is 1. The van der Waals surface area contributed by atoms with E-state index in [4.69, 9.17) is 4.74 Å². The number of hydrogen-bond donors (Lipinski definition) is 4. The van der Waals surface area contributed by atoms with E-state index in [9.17, 15) is 10.2 Å². The summed E-state index contributed by atoms with van der Waals surface area (Å²) in [6.45, 7) is 4.73. The fraction of sp³-hybridized carbons (Fsp3) is 0.333. The van der Waals surface area contributed by atoms with Crippen molar-refractivity contribution in [3.05, 3.63) is 36.4 Å². The smallest absolute Gasteiger partial charge is 0.139 e. The zero-order valence-electron chi connectivity index (χ0n) is 13.3. The maximum atomic E-state index is 10.1. The number of rotatable bonds is 6. The number of para-hydroxylation sites is 1. The molecule has 3 aromatic rings. The summed E-state index contributed by atoms with van der Waals surface area (Å²) in [7, 11) is 0. The predicted octanol–water partition coefficient (Wildman–Crippen LogP) is 2.76. The average Bonchev–Trinajstić information content (AvgIpc) is 2.93. The number of aliphatic hydroxyl groups is 1. The maximum absolute atomic E-state index is 10.1. The van der Waals surface area contributed by atoms with E-state index in [1.807, 2.05) is 38.1 Å². The third-order valence-electron chi connectivity index (χ3n) is 3.79. The molecule has 0 fully saturated rings. The molecule has 0 saturated heterocycles. The molecule has 0 saturated carbocycles. The van der Waals surface area contributed by atoms with Gasteiger partial charge >= 0.3 is 0 Å². The van der Waals surface area contributed by atoms with Crippen LogP contribution in [0.2, 0.25) is 0 Å². The summed E-state index contributed by atoms with van der Waals surface area (Å²) >= 11 is 0. The first-order valence-electron chi connectivity index (χ1n) is 7.83. The first-order valence-corrected chi connectivity index (χ1v) is 7.83. The molecule has 0 radical (unpaired) electrons. The summed E-state index contributed by atoms with van der Waals surface area (Å²) in [4.78, 5) is 3.21. The van der Waals surface area contributed by atoms with E-state index in [1.54, 1.807) is 12.1 Å². The maximum Gasteiger partial charge on any atom is 0.139 e. The molecule has 4 N–H and O–H groups in total. The highest BCUT2D eigenvalue weighted by Crippen LogP contribution is 2.37. The number of nitrogens with one attached hydrogen (secondary N) is 2. The monoisotopic (exact) mass is 314 g/mol. The SMILES string of the molecule is CC(C)NCC(O)COc1ccc(O)c2[nH]c3ccccc3c12. The van der Waals surface area contributed by atoms with Crippen LogP contribution in [0.5, 0.6) is 11.5 Å². The van der Waals surface area contributed by atoms with Gasteiger partial charge < -0.3 is 25.3 Å². The Morgan fingerprint density at radius 1 is 1.17 bits per heavy atom. The normalized spacial score (nSPS) is 13.0. The van der Waals surface area contributed by atoms with Crippen LogP contribution in [-0.2, 0) is 0 Å². The van der Waals surface area contributed by atoms with Crippen LogP contribution < -0.4 is 10.1 Å². The van der Waals surface area contributed by atoms with Gasteiger partial charge in [-0.05, 0) is 18.2 Å². The number of ether oxygens (including phenoxy) is 1. The topological polar surface area (TPSA) is 77.5 Å². The molecule has 1 atom stereocenters. The lowest BCUT2D eigenvalue weighted by Gasteiger charge is -2.15. The van der Waals surface area contributed by atoms with Gasteiger partial charge in [-0.3, -0.25) is 0 Å². The van der Waals surface area contributed by atoms with E-state index in [-0.39, 0.29) is 12.4 Å². The van der Waals surface area contributed by atoms with Crippen LogP contribution in [0.15, 0.2) is 36.4 Å². The van der Waals surface area contributed by atoms with Gasteiger partial charge in [0.1, 0.15) is 24.2 Å². The van der Waals surface area contributed by atoms with Crippen LogP contribution in [0.25, 0.3) is 21.8 Å². The molecule has 23 heavy (non-hydrogen) atoms. The van der Waals surface area contributed by atoms with Crippen molar-refractivity contribution in [1.29, 1.82) is 0 Å². The van der Waals surface area contributed by atoms with Gasteiger partial charge in [-0.1, -0.05) is 32.0 Å². The number of aromatic nitrogens is 1. The largest absolute Gasteiger partial charge is 0.506 e. The lowest BCUT2D eigenvalue weighted by Crippen LogP contribution is -2.35. The number of phenols is 1. The second-order valence-electron chi connectivity index (χ2n) is 6.03. The van der Waals surface area contributed by atoms with Gasteiger partial charge in [0, 0.05) is 23.5 Å². The molecule has 5 heteroatoms. The van der Waals surface area contributed by atoms with Gasteiger partial charge in [0.2, 0.25) is 0 Å². The number of benzene rings is 2. The average molecular weight is 314 g/mol. The minimum Gasteiger partial charge on any atom is -0.506 e. The van der Waals surface area contributed by atoms with Crippen molar-refractivity contribution in [3.8, 4) is 11.5 Å². The van der Waals surface area contributed by atoms with Crippen LogP contribution >= 0.6 is 0 Å². The molecule has 3 rings (SSSR count). The second kappa shape index (κ2) is 6.48. The highest BCUT2D eigenvalue weighted by Gasteiger charge is 2.14. The molecular formula is C18H22N2O3. The Labute approximate surface area is 134 Å². The molecule has 2 aromatic carbocycles. The Bertz CT molecular complexity index is 810. The van der Waals surface area contributed by atoms with Crippen LogP contribution in [0.3, 0.4) is 0 Å². The quantitative estimate of drug-likeness (QED) is 0.564. The molecule has 0 amide bonds. The van der Waals surface area contributed by atoms with Crippen LogP contribution in [-0.4, -0.2) is 40.5 Å². The van der Waals surface area contributed by atoms with Gasteiger partial charge in [0.25, 0.3) is 0 Å². The molecular weight excluding hydrogens is 292 g/mol. The van der Waals surface area contributed by atoms with Crippen molar-refractivity contribution >= 4 is 21.8 Å². The van der Waals surface area contributed by atoms with Crippen LogP contribution in [0.4, 0.5) is 0 Å². The fourth-order valence-corrected chi connectivity index (χ4v) is 2.65. The highest BCUT2D eigenvalue weighted by atomic mass is 16.5. The summed E-state index contributed by atoms with van der Waals surface area (Å²) in [6, 6.07) is 11.5. The van der Waals surface area contributed by atoms with Crippen LogP contribution in [0, 0.1) is 0 Å². The molecule has 0 spiro atoms. The molecule has 5 nitrogen and oxygen atoms in total. The zero-order valence-corrected chi connectivity index (χ0v) is 13.3. The first-order chi connectivity index (χ1) is 11.1. The second-order valence-corrected chi connectivity index (χ2v) is 6.03. The van der Waals surface area contributed by atoms with Crippen molar-refractivity contribution < 1.29 is 14.9 Å². The van der Waals surface area contributed by atoms with E-state index >= 15 is 0 Å². The van der Waals surface area contributed by atoms with E-state index in [1.165, 1.54) is 0 Å². The molecule has 1 unspecified atom stereocenters. The summed E-state index contributed by atoms with van der Waals surface area (Å²) in [5.74, 6) is 0.837. The van der Waals surface area contributed by atoms with Gasteiger partial charge in [-0.25, -0.2) is 0 Å². The minimum absolute atomic E-state index is 0.186. The minimum atomic E-state index is -0.591. The summed E-state index contributed by atoms with van der Waals surface area (Å²) < 4.78 is 5.81. The van der Waals surface area contributed by atoms with E-state index in [0.717, 1.165) is 16.3 Å². The predicted molar refractivity (Wildman–Crippen MR) is 92.1 cm³/mol. The summed E-state index contributed by atoms with van der Waals surface area (Å²) in [5.41, 5.74) is 1.59. The third-order valence-corrected chi connectivity index (χ3v) is 3.79. The van der Waals surface area contributed by atoms with Crippen molar-refractivity contribution in [1.82, 2.24) is 10.3 Å². The highest BCUT2D eigenvalue weighted by molar-refractivity contribution is 6.12. The summed E-state index contributed by atoms with van der Waals surface area (Å²) in [6.07, 6.45) is -0.591. The zero-order chi connectivity index (χ0) is 16.4. The molecule has 0 bridgehead atoms. The Kier molecular flexibility index (Phi) is 4.41. The van der Waals surface area contributed by atoms with E-state index < -0.39 is 6.10 Å². The number of aliphatic hydroxyl groups excluding tert-OH is 1. The molecule has 0 aliphatic heterocycles. The lowest BCUT2D eigenvalue weighted by molar-refractivity contribution is 0.105. The lowest BCUT2D eigenvalue weighted by atomic mass is 10.1. The Hall–Kier alpha value is -2.24. The Morgan fingerprint density at radius 2 is 1.96 bits per heavy atom. The van der Waals surface area contributed by atoms with Crippen molar-refractivity contribution in [3.63, 3.8) is 0 Å². The standard InChI is InChI=1S/C18H22N2O3/c1-11(2)19-9-12(21)10-23-16-8-7-15(22)18-17(16)13-5-3-4-6-14(13)20-18/h3-8,11-12,19-22H,9-10H2,1-2H3. The molecule has 1 aromatic heterocycles. The van der Waals surface area contributed by atoms with E-state index in [0.29, 0.717) is 23.9 Å².